The second-order valence-electron chi connectivity index (χ2n) is 5.96. The molecule has 0 radical (unpaired) electrons. The van der Waals surface area contributed by atoms with Gasteiger partial charge in [-0.2, -0.15) is 13.2 Å². The average molecular weight is 381 g/mol. The van der Waals surface area contributed by atoms with Crippen LogP contribution in [0.2, 0.25) is 0 Å². The number of hydrogen-bond acceptors (Lipinski definition) is 3. The van der Waals surface area contributed by atoms with Gasteiger partial charge >= 0.3 is 12.3 Å². The zero-order chi connectivity index (χ0) is 20.0. The first-order chi connectivity index (χ1) is 12.7. The Morgan fingerprint density at radius 3 is 2.44 bits per heavy atom. The lowest BCUT2D eigenvalue weighted by Gasteiger charge is -2.16. The van der Waals surface area contributed by atoms with Crippen LogP contribution in [0.1, 0.15) is 36.1 Å². The lowest BCUT2D eigenvalue weighted by atomic mass is 10.1. The van der Waals surface area contributed by atoms with E-state index in [9.17, 15) is 18.0 Å². The zero-order valence-corrected chi connectivity index (χ0v) is 15.4. The van der Waals surface area contributed by atoms with Crippen molar-refractivity contribution < 1.29 is 27.4 Å². The second kappa shape index (κ2) is 8.79. The number of nitrogens with one attached hydrogen (secondary N) is 1. The number of ether oxygens (including phenoxy) is 2. The molecule has 0 fully saturated rings. The molecule has 0 aliphatic heterocycles. The molecule has 7 heteroatoms. The van der Waals surface area contributed by atoms with E-state index in [0.717, 1.165) is 24.1 Å². The van der Waals surface area contributed by atoms with Crippen LogP contribution < -0.4 is 10.1 Å². The van der Waals surface area contributed by atoms with Gasteiger partial charge < -0.3 is 9.47 Å². The number of anilines is 1. The Morgan fingerprint density at radius 2 is 1.85 bits per heavy atom. The van der Waals surface area contributed by atoms with Gasteiger partial charge in [0.2, 0.25) is 0 Å². The molecule has 0 aliphatic carbocycles. The number of aryl methyl sites for hydroxylation is 2. The van der Waals surface area contributed by atoms with Gasteiger partial charge in [-0.1, -0.05) is 25.1 Å². The van der Waals surface area contributed by atoms with E-state index in [1.165, 1.54) is 11.6 Å². The summed E-state index contributed by atoms with van der Waals surface area (Å²) < 4.78 is 49.5. The van der Waals surface area contributed by atoms with Gasteiger partial charge in [-0.15, -0.1) is 0 Å². The molecule has 0 bridgehead atoms. The average Bonchev–Trinajstić information content (AvgIpc) is 2.60. The Morgan fingerprint density at radius 1 is 1.11 bits per heavy atom. The molecule has 2 aromatic rings. The van der Waals surface area contributed by atoms with Gasteiger partial charge in [-0.25, -0.2) is 4.79 Å². The van der Waals surface area contributed by atoms with Gasteiger partial charge in [0.1, 0.15) is 12.4 Å². The number of benzene rings is 2. The van der Waals surface area contributed by atoms with Crippen LogP contribution in [-0.2, 0) is 23.9 Å². The molecule has 2 rings (SSSR count). The minimum atomic E-state index is -4.52. The summed E-state index contributed by atoms with van der Waals surface area (Å²) in [7, 11) is 0. The number of amides is 1. The van der Waals surface area contributed by atoms with E-state index in [0.29, 0.717) is 11.3 Å². The minimum Gasteiger partial charge on any atom is -0.489 e. The first kappa shape index (κ1) is 20.6. The largest absolute Gasteiger partial charge is 0.489 e. The van der Waals surface area contributed by atoms with E-state index in [4.69, 9.17) is 9.47 Å². The monoisotopic (exact) mass is 381 g/mol. The normalized spacial score (nSPS) is 11.2. The maximum Gasteiger partial charge on any atom is 0.416 e. The van der Waals surface area contributed by atoms with Crippen molar-refractivity contribution in [1.82, 2.24) is 0 Å². The molecule has 1 N–H and O–H groups in total. The smallest absolute Gasteiger partial charge is 0.416 e. The third-order valence-electron chi connectivity index (χ3n) is 3.98. The summed E-state index contributed by atoms with van der Waals surface area (Å²) in [5.74, 6) is 0.634. The molecule has 1 amide bonds. The van der Waals surface area contributed by atoms with Crippen molar-refractivity contribution in [3.63, 3.8) is 0 Å². The highest BCUT2D eigenvalue weighted by Gasteiger charge is 2.31. The molecule has 0 spiro atoms. The van der Waals surface area contributed by atoms with Crippen LogP contribution in [-0.4, -0.2) is 12.7 Å². The van der Waals surface area contributed by atoms with Crippen LogP contribution >= 0.6 is 0 Å². The van der Waals surface area contributed by atoms with E-state index < -0.39 is 17.8 Å². The molecule has 0 heterocycles. The fraction of sp³-hybridized carbons (Fsp3) is 0.350. The highest BCUT2D eigenvalue weighted by Crippen LogP contribution is 2.33. The van der Waals surface area contributed by atoms with Crippen LogP contribution in [0, 0.1) is 6.92 Å². The highest BCUT2D eigenvalue weighted by molar-refractivity contribution is 5.85. The molecular weight excluding hydrogens is 359 g/mol. The van der Waals surface area contributed by atoms with E-state index in [2.05, 4.69) is 5.32 Å². The van der Waals surface area contributed by atoms with E-state index in [1.807, 2.05) is 32.0 Å². The van der Waals surface area contributed by atoms with Crippen LogP contribution in [0.5, 0.6) is 5.75 Å². The molecule has 146 valence electrons. The number of rotatable bonds is 6. The molecule has 0 aliphatic rings. The van der Waals surface area contributed by atoms with Gasteiger partial charge in [-0.3, -0.25) is 5.32 Å². The Labute approximate surface area is 156 Å². The first-order valence-corrected chi connectivity index (χ1v) is 8.60. The third kappa shape index (κ3) is 5.64. The zero-order valence-electron chi connectivity index (χ0n) is 15.4. The van der Waals surface area contributed by atoms with Gasteiger partial charge in [0.05, 0.1) is 17.9 Å². The van der Waals surface area contributed by atoms with Gasteiger partial charge in [-0.05, 0) is 49.6 Å². The van der Waals surface area contributed by atoms with E-state index in [1.54, 1.807) is 6.92 Å². The Balaban J connectivity index is 2.25. The van der Waals surface area contributed by atoms with Crippen LogP contribution in [0.15, 0.2) is 36.4 Å². The van der Waals surface area contributed by atoms with Crippen molar-refractivity contribution in [3.05, 3.63) is 58.7 Å². The van der Waals surface area contributed by atoms with E-state index >= 15 is 0 Å². The Hall–Kier alpha value is -2.70. The SMILES string of the molecule is CCOC(=O)Nc1cc(C(F)(F)F)ccc1COc1ccc(CC)cc1C. The van der Waals surface area contributed by atoms with Crippen LogP contribution in [0.25, 0.3) is 0 Å². The predicted octanol–water partition coefficient (Wildman–Crippen LogP) is 5.72. The van der Waals surface area contributed by atoms with Crippen molar-refractivity contribution in [3.8, 4) is 5.75 Å². The summed E-state index contributed by atoms with van der Waals surface area (Å²) in [5.41, 5.74) is 1.66. The number of hydrogen-bond donors (Lipinski definition) is 1. The van der Waals surface area contributed by atoms with Gasteiger partial charge in [0, 0.05) is 5.56 Å². The molecule has 27 heavy (non-hydrogen) atoms. The summed E-state index contributed by atoms with van der Waals surface area (Å²) in [6.45, 7) is 5.67. The second-order valence-corrected chi connectivity index (χ2v) is 5.96. The predicted molar refractivity (Wildman–Crippen MR) is 97.0 cm³/mol. The molecule has 0 saturated carbocycles. The van der Waals surface area contributed by atoms with Crippen molar-refractivity contribution in [2.45, 2.75) is 40.0 Å². The molecular formula is C20H22F3NO3. The fourth-order valence-corrected chi connectivity index (χ4v) is 2.52. The van der Waals surface area contributed by atoms with Crippen molar-refractivity contribution in [2.24, 2.45) is 0 Å². The Bertz CT molecular complexity index is 804. The lowest BCUT2D eigenvalue weighted by molar-refractivity contribution is -0.137. The van der Waals surface area contributed by atoms with E-state index in [-0.39, 0.29) is 18.9 Å². The topological polar surface area (TPSA) is 47.6 Å². The quantitative estimate of drug-likeness (QED) is 0.696. The summed E-state index contributed by atoms with van der Waals surface area (Å²) in [4.78, 5) is 11.7. The molecule has 4 nitrogen and oxygen atoms in total. The number of carbonyl (C=O) groups is 1. The molecule has 2 aromatic carbocycles. The lowest BCUT2D eigenvalue weighted by Crippen LogP contribution is -2.16. The maximum atomic E-state index is 13.0. The third-order valence-corrected chi connectivity index (χ3v) is 3.98. The number of carbonyl (C=O) groups excluding carboxylic acids is 1. The van der Waals surface area contributed by atoms with Crippen molar-refractivity contribution >= 4 is 11.8 Å². The fourth-order valence-electron chi connectivity index (χ4n) is 2.52. The summed E-state index contributed by atoms with van der Waals surface area (Å²) >= 11 is 0. The summed E-state index contributed by atoms with van der Waals surface area (Å²) in [6.07, 6.45) is -4.44. The Kier molecular flexibility index (Phi) is 6.71. The van der Waals surface area contributed by atoms with Crippen molar-refractivity contribution in [1.29, 1.82) is 0 Å². The number of halogens is 3. The summed E-state index contributed by atoms with van der Waals surface area (Å²) in [5, 5.41) is 2.35. The minimum absolute atomic E-state index is 0.00565. The highest BCUT2D eigenvalue weighted by atomic mass is 19.4. The van der Waals surface area contributed by atoms with Crippen LogP contribution in [0.3, 0.4) is 0 Å². The van der Waals surface area contributed by atoms with Crippen molar-refractivity contribution in [2.75, 3.05) is 11.9 Å². The molecule has 0 unspecified atom stereocenters. The van der Waals surface area contributed by atoms with Gasteiger partial charge in [0.15, 0.2) is 0 Å². The molecule has 0 aromatic heterocycles. The first-order valence-electron chi connectivity index (χ1n) is 8.60. The standard InChI is InChI=1S/C20H22F3NO3/c1-4-14-6-9-18(13(3)10-14)27-12-15-7-8-16(20(21,22)23)11-17(15)24-19(25)26-5-2/h6-11H,4-5,12H2,1-3H3,(H,24,25). The number of alkyl halides is 3. The maximum absolute atomic E-state index is 13.0. The molecule has 0 atom stereocenters. The molecule has 0 saturated heterocycles. The summed E-state index contributed by atoms with van der Waals surface area (Å²) in [6, 6.07) is 8.90. The van der Waals surface area contributed by atoms with Crippen LogP contribution in [0.4, 0.5) is 23.7 Å². The van der Waals surface area contributed by atoms with Gasteiger partial charge in [0.25, 0.3) is 0 Å².